The molecule has 0 fully saturated rings. The van der Waals surface area contributed by atoms with Crippen molar-refractivity contribution in [3.63, 3.8) is 0 Å². The minimum absolute atomic E-state index is 0.762. The van der Waals surface area contributed by atoms with E-state index >= 15 is 0 Å². The highest BCUT2D eigenvalue weighted by Gasteiger charge is 2.04. The van der Waals surface area contributed by atoms with Gasteiger partial charge in [0, 0.05) is 10.8 Å². The van der Waals surface area contributed by atoms with Crippen molar-refractivity contribution in [1.82, 2.24) is 4.98 Å². The maximum absolute atomic E-state index is 5.91. The van der Waals surface area contributed by atoms with Crippen LogP contribution in [-0.2, 0) is 0 Å². The van der Waals surface area contributed by atoms with Gasteiger partial charge in [0.25, 0.3) is 0 Å². The third kappa shape index (κ3) is 2.86. The first-order valence-corrected chi connectivity index (χ1v) is 7.16. The zero-order chi connectivity index (χ0) is 10.7. The molecule has 0 saturated heterocycles. The molecule has 80 valence electrons. The zero-order valence-electron chi connectivity index (χ0n) is 8.50. The first kappa shape index (κ1) is 11.2. The molecule has 0 bridgehead atoms. The van der Waals surface area contributed by atoms with Crippen molar-refractivity contribution in [2.75, 3.05) is 5.75 Å². The first-order valence-electron chi connectivity index (χ1n) is 4.98. The Labute approximate surface area is 103 Å². The maximum Gasteiger partial charge on any atom is 0.151 e. The summed E-state index contributed by atoms with van der Waals surface area (Å²) in [6.45, 7) is 2.21. The van der Waals surface area contributed by atoms with Crippen molar-refractivity contribution in [2.45, 2.75) is 24.1 Å². The molecule has 0 aliphatic rings. The Balaban J connectivity index is 2.16. The molecular weight excluding hydrogens is 246 g/mol. The lowest BCUT2D eigenvalue weighted by Gasteiger charge is -1.92. The number of halogens is 1. The molecule has 0 spiro atoms. The molecule has 1 aromatic carbocycles. The molecule has 0 amide bonds. The van der Waals surface area contributed by atoms with Crippen LogP contribution in [0.4, 0.5) is 0 Å². The molecule has 0 atom stereocenters. The van der Waals surface area contributed by atoms with Crippen molar-refractivity contribution in [3.8, 4) is 0 Å². The number of thiazole rings is 1. The van der Waals surface area contributed by atoms with Crippen LogP contribution in [-0.4, -0.2) is 10.7 Å². The van der Waals surface area contributed by atoms with Crippen molar-refractivity contribution in [3.05, 3.63) is 23.2 Å². The normalized spacial score (nSPS) is 11.1. The molecule has 0 aliphatic carbocycles. The molecule has 0 unspecified atom stereocenters. The van der Waals surface area contributed by atoms with E-state index in [0.29, 0.717) is 0 Å². The Kier molecular flexibility index (Phi) is 3.89. The minimum Gasteiger partial charge on any atom is -0.230 e. The molecule has 0 saturated carbocycles. The molecule has 1 heterocycles. The number of hydrogen-bond acceptors (Lipinski definition) is 3. The number of aromatic nitrogens is 1. The van der Waals surface area contributed by atoms with Gasteiger partial charge >= 0.3 is 0 Å². The SMILES string of the molecule is CCCCSc1nc2cc(Cl)ccc2s1. The quantitative estimate of drug-likeness (QED) is 0.574. The summed E-state index contributed by atoms with van der Waals surface area (Å²) >= 11 is 9.50. The summed E-state index contributed by atoms with van der Waals surface area (Å²) < 4.78 is 2.37. The van der Waals surface area contributed by atoms with E-state index in [2.05, 4.69) is 11.9 Å². The number of rotatable bonds is 4. The average molecular weight is 258 g/mol. The Bertz CT molecular complexity index is 453. The summed E-state index contributed by atoms with van der Waals surface area (Å²) in [5.74, 6) is 1.16. The van der Waals surface area contributed by atoms with Crippen LogP contribution >= 0.6 is 34.7 Å². The van der Waals surface area contributed by atoms with Gasteiger partial charge in [-0.25, -0.2) is 4.98 Å². The fourth-order valence-corrected chi connectivity index (χ4v) is 3.61. The number of hydrogen-bond donors (Lipinski definition) is 0. The minimum atomic E-state index is 0.762. The van der Waals surface area contributed by atoms with Gasteiger partial charge in [0.05, 0.1) is 10.2 Å². The summed E-state index contributed by atoms with van der Waals surface area (Å²) in [5, 5.41) is 0.762. The molecule has 4 heteroatoms. The van der Waals surface area contributed by atoms with Crippen LogP contribution < -0.4 is 0 Å². The van der Waals surface area contributed by atoms with Gasteiger partial charge in [0.1, 0.15) is 0 Å². The molecule has 0 aliphatic heterocycles. The molecule has 1 nitrogen and oxygen atoms in total. The Hall–Kier alpha value is -0.250. The third-order valence-corrected chi connectivity index (χ3v) is 4.55. The summed E-state index contributed by atoms with van der Waals surface area (Å²) in [6, 6.07) is 5.89. The van der Waals surface area contributed by atoms with Gasteiger partial charge in [0.2, 0.25) is 0 Å². The smallest absolute Gasteiger partial charge is 0.151 e. The highest BCUT2D eigenvalue weighted by molar-refractivity contribution is 8.01. The lowest BCUT2D eigenvalue weighted by molar-refractivity contribution is 0.896. The summed E-state index contributed by atoms with van der Waals surface area (Å²) in [7, 11) is 0. The van der Waals surface area contributed by atoms with Crippen LogP contribution in [0.15, 0.2) is 22.5 Å². The van der Waals surface area contributed by atoms with Crippen LogP contribution in [0.5, 0.6) is 0 Å². The van der Waals surface area contributed by atoms with Gasteiger partial charge in [-0.2, -0.15) is 0 Å². The van der Waals surface area contributed by atoms with E-state index < -0.39 is 0 Å². The predicted molar refractivity (Wildman–Crippen MR) is 70.3 cm³/mol. The summed E-state index contributed by atoms with van der Waals surface area (Å²) in [6.07, 6.45) is 2.49. The number of unbranched alkanes of at least 4 members (excludes halogenated alkanes) is 1. The summed E-state index contributed by atoms with van der Waals surface area (Å²) in [5.41, 5.74) is 1.02. The number of fused-ring (bicyclic) bond motifs is 1. The van der Waals surface area contributed by atoms with Gasteiger partial charge in [-0.15, -0.1) is 11.3 Å². The van der Waals surface area contributed by atoms with Crippen LogP contribution in [0.25, 0.3) is 10.2 Å². The van der Waals surface area contributed by atoms with E-state index in [1.807, 2.05) is 30.0 Å². The van der Waals surface area contributed by atoms with Crippen LogP contribution in [0.1, 0.15) is 19.8 Å². The van der Waals surface area contributed by atoms with Crippen molar-refractivity contribution in [2.24, 2.45) is 0 Å². The number of benzene rings is 1. The average Bonchev–Trinajstić information content (AvgIpc) is 2.60. The molecule has 2 aromatic rings. The second-order valence-corrected chi connectivity index (χ2v) is 6.10. The molecule has 0 N–H and O–H groups in total. The zero-order valence-corrected chi connectivity index (χ0v) is 10.9. The standard InChI is InChI=1S/C11H12ClNS2/c1-2-3-6-14-11-13-9-7-8(12)4-5-10(9)15-11/h4-5,7H,2-3,6H2,1H3. The van der Waals surface area contributed by atoms with E-state index in [-0.39, 0.29) is 0 Å². The Morgan fingerprint density at radius 3 is 3.13 bits per heavy atom. The molecule has 1 aromatic heterocycles. The lowest BCUT2D eigenvalue weighted by atomic mass is 10.3. The van der Waals surface area contributed by atoms with Crippen LogP contribution in [0, 0.1) is 0 Å². The molecule has 0 radical (unpaired) electrons. The number of thioether (sulfide) groups is 1. The third-order valence-electron chi connectivity index (χ3n) is 2.05. The van der Waals surface area contributed by atoms with Crippen LogP contribution in [0.2, 0.25) is 5.02 Å². The number of nitrogens with zero attached hydrogens (tertiary/aromatic N) is 1. The maximum atomic E-state index is 5.91. The monoisotopic (exact) mass is 257 g/mol. The van der Waals surface area contributed by atoms with E-state index in [9.17, 15) is 0 Å². The predicted octanol–water partition coefficient (Wildman–Crippen LogP) is 4.84. The highest BCUT2D eigenvalue weighted by Crippen LogP contribution is 2.31. The van der Waals surface area contributed by atoms with E-state index in [4.69, 9.17) is 11.6 Å². The van der Waals surface area contributed by atoms with Gasteiger partial charge < -0.3 is 0 Å². The largest absolute Gasteiger partial charge is 0.230 e. The molecule has 2 rings (SSSR count). The van der Waals surface area contributed by atoms with Gasteiger partial charge in [0.15, 0.2) is 4.34 Å². The highest BCUT2D eigenvalue weighted by atomic mass is 35.5. The molecule has 15 heavy (non-hydrogen) atoms. The van der Waals surface area contributed by atoms with Crippen molar-refractivity contribution >= 4 is 44.9 Å². The fourth-order valence-electron chi connectivity index (χ4n) is 1.24. The lowest BCUT2D eigenvalue weighted by Crippen LogP contribution is -1.76. The van der Waals surface area contributed by atoms with Gasteiger partial charge in [-0.1, -0.05) is 36.7 Å². The second-order valence-electron chi connectivity index (χ2n) is 3.29. The second kappa shape index (κ2) is 5.19. The topological polar surface area (TPSA) is 12.9 Å². The first-order chi connectivity index (χ1) is 7.29. The van der Waals surface area contributed by atoms with E-state index in [0.717, 1.165) is 20.6 Å². The summed E-state index contributed by atoms with van der Waals surface area (Å²) in [4.78, 5) is 4.54. The van der Waals surface area contributed by atoms with Crippen LogP contribution in [0.3, 0.4) is 0 Å². The van der Waals surface area contributed by atoms with E-state index in [1.165, 1.54) is 17.5 Å². The van der Waals surface area contributed by atoms with Gasteiger partial charge in [-0.3, -0.25) is 0 Å². The van der Waals surface area contributed by atoms with Crippen molar-refractivity contribution < 1.29 is 0 Å². The Morgan fingerprint density at radius 2 is 2.33 bits per heavy atom. The molecular formula is C11H12ClNS2. The van der Waals surface area contributed by atoms with E-state index in [1.54, 1.807) is 11.3 Å². The Morgan fingerprint density at radius 1 is 1.47 bits per heavy atom. The fraction of sp³-hybridized carbons (Fsp3) is 0.364. The van der Waals surface area contributed by atoms with Gasteiger partial charge in [-0.05, 0) is 24.6 Å². The van der Waals surface area contributed by atoms with Crippen molar-refractivity contribution in [1.29, 1.82) is 0 Å².